The van der Waals surface area contributed by atoms with Crippen LogP contribution in [0.15, 0.2) is 72.9 Å². The fraction of sp³-hybridized carbons (Fsp3) is 0.737. The lowest BCUT2D eigenvalue weighted by molar-refractivity contribution is -0.166. The molecule has 0 spiro atoms. The number of rotatable bonds is 47. The Balaban J connectivity index is 4.45. The number of allylic oxidation sites excluding steroid dienone is 12. The Labute approximate surface area is 389 Å². The zero-order valence-corrected chi connectivity index (χ0v) is 41.3. The number of ether oxygens (including phenoxy) is 3. The molecule has 0 aromatic rings. The van der Waals surface area contributed by atoms with Crippen LogP contribution in [0.25, 0.3) is 0 Å². The molecule has 0 rings (SSSR count). The van der Waals surface area contributed by atoms with Crippen molar-refractivity contribution in [1.29, 1.82) is 0 Å². The lowest BCUT2D eigenvalue weighted by Gasteiger charge is -2.18. The number of hydrogen-bond donors (Lipinski definition) is 0. The first kappa shape index (κ1) is 59.9. The summed E-state index contributed by atoms with van der Waals surface area (Å²) in [5, 5.41) is 0. The Kier molecular flexibility index (Phi) is 48.9. The highest BCUT2D eigenvalue weighted by molar-refractivity contribution is 5.71. The third-order valence-electron chi connectivity index (χ3n) is 11.3. The standard InChI is InChI=1S/C57H98O6/c1-4-7-10-13-16-19-22-25-27-28-30-32-35-38-41-44-47-50-56(59)62-53-54(52-61-55(58)49-46-43-40-37-34-31-24-21-18-15-12-9-6-3)63-57(60)51-48-45-42-39-36-33-29-26-23-20-17-14-11-8-5-2/h8,11,14,17,20,23,26,29,31,34,40,43,54H,4-7,9-10,12-13,15-16,18-19,21-22,24-25,27-28,30,32-33,35-39,41-42,44-53H2,1-3H3/b11-8-,17-14-,23-20-,29-26-,34-31-,43-40-. The first-order valence-electron chi connectivity index (χ1n) is 26.5. The number of hydrogen-bond acceptors (Lipinski definition) is 6. The fourth-order valence-electron chi connectivity index (χ4n) is 7.33. The van der Waals surface area contributed by atoms with Gasteiger partial charge < -0.3 is 14.2 Å². The zero-order valence-electron chi connectivity index (χ0n) is 41.3. The summed E-state index contributed by atoms with van der Waals surface area (Å²) in [7, 11) is 0. The van der Waals surface area contributed by atoms with Crippen LogP contribution in [0.2, 0.25) is 0 Å². The smallest absolute Gasteiger partial charge is 0.306 e. The van der Waals surface area contributed by atoms with Gasteiger partial charge in [-0.3, -0.25) is 14.4 Å². The van der Waals surface area contributed by atoms with E-state index in [0.717, 1.165) is 77.0 Å². The molecule has 1 atom stereocenters. The molecular weight excluding hydrogens is 781 g/mol. The van der Waals surface area contributed by atoms with Gasteiger partial charge >= 0.3 is 17.9 Å². The third kappa shape index (κ3) is 49.7. The van der Waals surface area contributed by atoms with E-state index in [1.807, 2.05) is 24.3 Å². The molecule has 0 saturated heterocycles. The molecule has 0 heterocycles. The van der Waals surface area contributed by atoms with Crippen LogP contribution in [0.4, 0.5) is 0 Å². The maximum atomic E-state index is 12.8. The van der Waals surface area contributed by atoms with E-state index in [1.54, 1.807) is 0 Å². The second-order valence-corrected chi connectivity index (χ2v) is 17.5. The zero-order chi connectivity index (χ0) is 45.8. The Morgan fingerprint density at radius 1 is 0.349 bits per heavy atom. The molecule has 1 unspecified atom stereocenters. The summed E-state index contributed by atoms with van der Waals surface area (Å²) in [6.07, 6.45) is 64.7. The molecule has 6 heteroatoms. The Morgan fingerprint density at radius 2 is 0.714 bits per heavy atom. The summed E-state index contributed by atoms with van der Waals surface area (Å²) in [6, 6.07) is 0. The topological polar surface area (TPSA) is 78.9 Å². The summed E-state index contributed by atoms with van der Waals surface area (Å²) in [4.78, 5) is 38.0. The number of unbranched alkanes of at least 4 members (excludes halogenated alkanes) is 27. The van der Waals surface area contributed by atoms with Crippen LogP contribution in [-0.2, 0) is 28.6 Å². The van der Waals surface area contributed by atoms with Gasteiger partial charge in [-0.15, -0.1) is 0 Å². The van der Waals surface area contributed by atoms with Crippen LogP contribution in [0.3, 0.4) is 0 Å². The summed E-state index contributed by atoms with van der Waals surface area (Å²) >= 11 is 0. The Bertz CT molecular complexity index is 1190. The molecule has 362 valence electrons. The first-order valence-corrected chi connectivity index (χ1v) is 26.5. The Morgan fingerprint density at radius 3 is 1.19 bits per heavy atom. The van der Waals surface area contributed by atoms with Crippen LogP contribution in [-0.4, -0.2) is 37.2 Å². The van der Waals surface area contributed by atoms with E-state index in [-0.39, 0.29) is 37.5 Å². The highest BCUT2D eigenvalue weighted by Crippen LogP contribution is 2.15. The van der Waals surface area contributed by atoms with Crippen molar-refractivity contribution >= 4 is 17.9 Å². The average Bonchev–Trinajstić information content (AvgIpc) is 3.28. The summed E-state index contributed by atoms with van der Waals surface area (Å²) in [5.74, 6) is -0.990. The predicted molar refractivity (Wildman–Crippen MR) is 270 cm³/mol. The molecule has 0 N–H and O–H groups in total. The second kappa shape index (κ2) is 51.5. The highest BCUT2D eigenvalue weighted by atomic mass is 16.6. The minimum atomic E-state index is -0.808. The molecule has 0 aliphatic carbocycles. The number of esters is 3. The van der Waals surface area contributed by atoms with E-state index in [1.165, 1.54) is 128 Å². The molecule has 0 saturated carbocycles. The molecule has 0 aliphatic heterocycles. The molecule has 0 aromatic heterocycles. The van der Waals surface area contributed by atoms with Crippen LogP contribution < -0.4 is 0 Å². The predicted octanol–water partition coefficient (Wildman–Crippen LogP) is 17.4. The summed E-state index contributed by atoms with van der Waals surface area (Å²) in [6.45, 7) is 6.43. The minimum absolute atomic E-state index is 0.101. The van der Waals surface area contributed by atoms with Gasteiger partial charge in [-0.2, -0.15) is 0 Å². The molecule has 6 nitrogen and oxygen atoms in total. The van der Waals surface area contributed by atoms with Crippen molar-refractivity contribution < 1.29 is 28.6 Å². The quantitative estimate of drug-likeness (QED) is 0.0199. The van der Waals surface area contributed by atoms with Crippen molar-refractivity contribution in [2.75, 3.05) is 13.2 Å². The normalized spacial score (nSPS) is 12.6. The van der Waals surface area contributed by atoms with E-state index in [4.69, 9.17) is 14.2 Å². The van der Waals surface area contributed by atoms with Crippen molar-refractivity contribution in [2.24, 2.45) is 0 Å². The highest BCUT2D eigenvalue weighted by Gasteiger charge is 2.19. The van der Waals surface area contributed by atoms with E-state index >= 15 is 0 Å². The van der Waals surface area contributed by atoms with Gasteiger partial charge in [0.1, 0.15) is 13.2 Å². The summed E-state index contributed by atoms with van der Waals surface area (Å²) in [5.41, 5.74) is 0. The van der Waals surface area contributed by atoms with Crippen molar-refractivity contribution in [3.8, 4) is 0 Å². The van der Waals surface area contributed by atoms with Crippen molar-refractivity contribution in [3.05, 3.63) is 72.9 Å². The van der Waals surface area contributed by atoms with Gasteiger partial charge in [-0.1, -0.05) is 248 Å². The number of carbonyl (C=O) groups excluding carboxylic acids is 3. The van der Waals surface area contributed by atoms with Crippen LogP contribution in [0.5, 0.6) is 0 Å². The van der Waals surface area contributed by atoms with E-state index in [2.05, 4.69) is 69.4 Å². The largest absolute Gasteiger partial charge is 0.462 e. The molecule has 0 bridgehead atoms. The van der Waals surface area contributed by atoms with Crippen LogP contribution in [0, 0.1) is 0 Å². The molecule has 0 aliphatic rings. The Hall–Kier alpha value is -3.15. The maximum Gasteiger partial charge on any atom is 0.306 e. The van der Waals surface area contributed by atoms with Crippen LogP contribution in [0.1, 0.15) is 252 Å². The molecule has 63 heavy (non-hydrogen) atoms. The fourth-order valence-corrected chi connectivity index (χ4v) is 7.33. The van der Waals surface area contributed by atoms with Gasteiger partial charge in [-0.25, -0.2) is 0 Å². The number of carbonyl (C=O) groups is 3. The average molecular weight is 879 g/mol. The van der Waals surface area contributed by atoms with E-state index < -0.39 is 6.10 Å². The SMILES string of the molecule is CC\C=C/C=C\C=C/C=C\CCCCCCCC(=O)OC(COC(=O)CC/C=C\C/C=C\CCCCCCCC)COC(=O)CCCCCCCCCCCCCCCCCCC. The van der Waals surface area contributed by atoms with Crippen molar-refractivity contribution in [2.45, 2.75) is 258 Å². The van der Waals surface area contributed by atoms with Crippen molar-refractivity contribution in [1.82, 2.24) is 0 Å². The molecular formula is C57H98O6. The van der Waals surface area contributed by atoms with E-state index in [0.29, 0.717) is 19.3 Å². The van der Waals surface area contributed by atoms with Gasteiger partial charge in [-0.05, 0) is 57.8 Å². The van der Waals surface area contributed by atoms with Crippen molar-refractivity contribution in [3.63, 3.8) is 0 Å². The monoisotopic (exact) mass is 879 g/mol. The third-order valence-corrected chi connectivity index (χ3v) is 11.3. The van der Waals surface area contributed by atoms with Gasteiger partial charge in [0.2, 0.25) is 0 Å². The van der Waals surface area contributed by atoms with Gasteiger partial charge in [0, 0.05) is 19.3 Å². The minimum Gasteiger partial charge on any atom is -0.462 e. The lowest BCUT2D eigenvalue weighted by Crippen LogP contribution is -2.30. The molecule has 0 aromatic carbocycles. The second-order valence-electron chi connectivity index (χ2n) is 17.5. The molecule has 0 fully saturated rings. The van der Waals surface area contributed by atoms with Gasteiger partial charge in [0.15, 0.2) is 6.10 Å². The van der Waals surface area contributed by atoms with Crippen LogP contribution >= 0.6 is 0 Å². The van der Waals surface area contributed by atoms with Gasteiger partial charge in [0.25, 0.3) is 0 Å². The van der Waals surface area contributed by atoms with Gasteiger partial charge in [0.05, 0.1) is 0 Å². The van der Waals surface area contributed by atoms with E-state index in [9.17, 15) is 14.4 Å². The summed E-state index contributed by atoms with van der Waals surface area (Å²) < 4.78 is 16.7. The molecule has 0 amide bonds. The maximum absolute atomic E-state index is 12.8. The lowest BCUT2D eigenvalue weighted by atomic mass is 10.0. The molecule has 0 radical (unpaired) electrons. The first-order chi connectivity index (χ1) is 31.0.